The lowest BCUT2D eigenvalue weighted by atomic mass is 9.93. The minimum Gasteiger partial charge on any atom is -0.406 e. The summed E-state index contributed by atoms with van der Waals surface area (Å²) < 4.78 is 0.591. The molecule has 6 heteroatoms. The van der Waals surface area contributed by atoms with E-state index in [9.17, 15) is 0 Å². The molecule has 0 fully saturated rings. The van der Waals surface area contributed by atoms with Crippen LogP contribution in [-0.4, -0.2) is 37.4 Å². The highest BCUT2D eigenvalue weighted by Gasteiger charge is 2.21. The predicted molar refractivity (Wildman–Crippen MR) is 65.5 cm³/mol. The van der Waals surface area contributed by atoms with Crippen molar-refractivity contribution in [3.05, 3.63) is 0 Å². The maximum Gasteiger partial charge on any atom is 0.110 e. The molecule has 1 rings (SSSR count). The van der Waals surface area contributed by atoms with Crippen molar-refractivity contribution in [2.75, 3.05) is 32.5 Å². The van der Waals surface area contributed by atoms with Gasteiger partial charge >= 0.3 is 0 Å². The molecule has 0 radical (unpaired) electrons. The molecule has 86 valence electrons. The first-order chi connectivity index (χ1) is 6.89. The zero-order valence-corrected chi connectivity index (χ0v) is 11.3. The number of hydrogen-bond acceptors (Lipinski definition) is 5. The van der Waals surface area contributed by atoms with Crippen LogP contribution in [0.1, 0.15) is 13.8 Å². The smallest absolute Gasteiger partial charge is 0.110 e. The molecule has 0 saturated heterocycles. The molecule has 0 aliphatic rings. The number of aromatic nitrogens is 2. The molecule has 0 saturated carbocycles. The lowest BCUT2D eigenvalue weighted by Gasteiger charge is -2.26. The van der Waals surface area contributed by atoms with Crippen molar-refractivity contribution in [1.82, 2.24) is 10.2 Å². The van der Waals surface area contributed by atoms with Crippen LogP contribution in [0, 0.1) is 5.41 Å². The summed E-state index contributed by atoms with van der Waals surface area (Å²) in [6.07, 6.45) is 0. The summed E-state index contributed by atoms with van der Waals surface area (Å²) in [5, 5.41) is 11.8. The van der Waals surface area contributed by atoms with Gasteiger partial charge in [0, 0.05) is 12.0 Å². The second kappa shape index (κ2) is 5.05. The van der Waals surface area contributed by atoms with Gasteiger partial charge < -0.3 is 34.2 Å². The molecule has 0 unspecified atom stereocenters. The van der Waals surface area contributed by atoms with E-state index in [0.29, 0.717) is 4.34 Å². The van der Waals surface area contributed by atoms with Gasteiger partial charge in [0.05, 0.1) is 20.6 Å². The van der Waals surface area contributed by atoms with Gasteiger partial charge in [-0.2, -0.15) is 5.10 Å². The Morgan fingerprint density at radius 1 is 1.40 bits per heavy atom. The fourth-order valence-electron chi connectivity index (χ4n) is 1.62. The van der Waals surface area contributed by atoms with Crippen LogP contribution in [-0.2, 0) is 12.6 Å². The zero-order valence-electron chi connectivity index (χ0n) is 9.63. The Bertz CT molecular complexity index is 309. The van der Waals surface area contributed by atoms with Crippen LogP contribution < -0.4 is 10.2 Å². The number of anilines is 1. The summed E-state index contributed by atoms with van der Waals surface area (Å²) in [5.74, 6) is 0. The lowest BCUT2D eigenvalue weighted by molar-refractivity contribution is -0.865. The highest BCUT2D eigenvalue weighted by atomic mass is 32.2. The second-order valence-corrected chi connectivity index (χ2v) is 6.40. The van der Waals surface area contributed by atoms with Crippen LogP contribution in [0.15, 0.2) is 4.34 Å². The molecule has 2 N–H and O–H groups in total. The lowest BCUT2D eigenvalue weighted by Crippen LogP contribution is -3.07. The monoisotopic (exact) mass is 246 g/mol. The molecule has 0 aromatic carbocycles. The number of rotatable bonds is 5. The van der Waals surface area contributed by atoms with E-state index in [2.05, 4.69) is 43.5 Å². The SMILES string of the molecule is C[NH+](C)CC(C)(C)CNc1nnc([S-])s1. The fourth-order valence-corrected chi connectivity index (χ4v) is 2.37. The van der Waals surface area contributed by atoms with Crippen molar-refractivity contribution in [2.45, 2.75) is 18.2 Å². The number of nitrogens with one attached hydrogen (secondary N) is 2. The molecule has 1 aromatic heterocycles. The summed E-state index contributed by atoms with van der Waals surface area (Å²) in [5.41, 5.74) is 0.242. The van der Waals surface area contributed by atoms with Crippen LogP contribution in [0.4, 0.5) is 5.13 Å². The molecule has 0 aliphatic carbocycles. The average Bonchev–Trinajstić information content (AvgIpc) is 2.46. The van der Waals surface area contributed by atoms with Gasteiger partial charge in [-0.3, -0.25) is 0 Å². The highest BCUT2D eigenvalue weighted by Crippen LogP contribution is 2.18. The molecule has 1 heterocycles. The third-order valence-corrected chi connectivity index (χ3v) is 2.96. The van der Waals surface area contributed by atoms with Gasteiger partial charge in [-0.05, 0) is 4.34 Å². The Balaban J connectivity index is 2.42. The maximum absolute atomic E-state index is 4.91. The summed E-state index contributed by atoms with van der Waals surface area (Å²) in [7, 11) is 4.32. The van der Waals surface area contributed by atoms with E-state index >= 15 is 0 Å². The predicted octanol–water partition coefficient (Wildman–Crippen LogP) is 0.0265. The topological polar surface area (TPSA) is 42.2 Å². The summed E-state index contributed by atoms with van der Waals surface area (Å²) in [6.45, 7) is 6.48. The Hall–Kier alpha value is -0.460. The van der Waals surface area contributed by atoms with Crippen molar-refractivity contribution in [3.8, 4) is 0 Å². The van der Waals surface area contributed by atoms with Gasteiger partial charge in [-0.25, -0.2) is 0 Å². The molecular weight excluding hydrogens is 228 g/mol. The Morgan fingerprint density at radius 2 is 2.07 bits per heavy atom. The third kappa shape index (κ3) is 4.72. The molecule has 0 bridgehead atoms. The second-order valence-electron chi connectivity index (χ2n) is 4.77. The van der Waals surface area contributed by atoms with E-state index in [1.54, 1.807) is 0 Å². The van der Waals surface area contributed by atoms with E-state index in [0.717, 1.165) is 18.2 Å². The first-order valence-electron chi connectivity index (χ1n) is 4.92. The van der Waals surface area contributed by atoms with Crippen LogP contribution in [0.25, 0.3) is 0 Å². The van der Waals surface area contributed by atoms with Crippen molar-refractivity contribution >= 4 is 29.1 Å². The van der Waals surface area contributed by atoms with E-state index in [-0.39, 0.29) is 5.41 Å². The Morgan fingerprint density at radius 3 is 2.53 bits per heavy atom. The Labute approximate surface area is 100 Å². The molecule has 4 nitrogen and oxygen atoms in total. The van der Waals surface area contributed by atoms with E-state index in [4.69, 9.17) is 12.6 Å². The van der Waals surface area contributed by atoms with Crippen molar-refractivity contribution in [1.29, 1.82) is 0 Å². The minimum atomic E-state index is 0.242. The summed E-state index contributed by atoms with van der Waals surface area (Å²) in [6, 6.07) is 0. The van der Waals surface area contributed by atoms with Gasteiger partial charge in [-0.15, -0.1) is 5.10 Å². The number of quaternary nitrogens is 1. The molecular formula is C9H18N4S2. The molecule has 0 amide bonds. The van der Waals surface area contributed by atoms with E-state index < -0.39 is 0 Å². The Kier molecular flexibility index (Phi) is 4.24. The van der Waals surface area contributed by atoms with Crippen molar-refractivity contribution in [3.63, 3.8) is 0 Å². The summed E-state index contributed by atoms with van der Waals surface area (Å²) in [4.78, 5) is 1.45. The first-order valence-corrected chi connectivity index (χ1v) is 6.15. The van der Waals surface area contributed by atoms with E-state index in [1.807, 2.05) is 0 Å². The van der Waals surface area contributed by atoms with Crippen LogP contribution in [0.5, 0.6) is 0 Å². The fraction of sp³-hybridized carbons (Fsp3) is 0.778. The first kappa shape index (κ1) is 12.6. The normalized spacial score (nSPS) is 12.1. The quantitative estimate of drug-likeness (QED) is 0.719. The van der Waals surface area contributed by atoms with Gasteiger partial charge in [-0.1, -0.05) is 13.8 Å². The van der Waals surface area contributed by atoms with Gasteiger partial charge in [0.2, 0.25) is 0 Å². The van der Waals surface area contributed by atoms with Crippen LogP contribution in [0.2, 0.25) is 0 Å². The van der Waals surface area contributed by atoms with Crippen molar-refractivity contribution in [2.24, 2.45) is 5.41 Å². The summed E-state index contributed by atoms with van der Waals surface area (Å²) >= 11 is 6.33. The van der Waals surface area contributed by atoms with Crippen molar-refractivity contribution < 1.29 is 4.90 Å². The van der Waals surface area contributed by atoms with E-state index in [1.165, 1.54) is 16.2 Å². The minimum absolute atomic E-state index is 0.242. The third-order valence-electron chi connectivity index (χ3n) is 1.96. The van der Waals surface area contributed by atoms with Crippen LogP contribution >= 0.6 is 11.3 Å². The molecule has 0 spiro atoms. The largest absolute Gasteiger partial charge is 0.406 e. The number of nitrogens with zero attached hydrogens (tertiary/aromatic N) is 2. The van der Waals surface area contributed by atoms with Gasteiger partial charge in [0.15, 0.2) is 0 Å². The van der Waals surface area contributed by atoms with Crippen LogP contribution in [0.3, 0.4) is 0 Å². The highest BCUT2D eigenvalue weighted by molar-refractivity contribution is 7.62. The molecule has 1 aromatic rings. The molecule has 0 aliphatic heterocycles. The molecule has 15 heavy (non-hydrogen) atoms. The van der Waals surface area contributed by atoms with Gasteiger partial charge in [0.1, 0.15) is 5.13 Å². The molecule has 0 atom stereocenters. The number of hydrogen-bond donors (Lipinski definition) is 2. The zero-order chi connectivity index (χ0) is 11.5. The maximum atomic E-state index is 4.91. The van der Waals surface area contributed by atoms with Gasteiger partial charge in [0.25, 0.3) is 0 Å². The standard InChI is InChI=1S/C9H18N4S2/c1-9(2,6-13(3)4)5-10-7-11-12-8(14)15-7/h5-6H2,1-4H3,(H,10,11)(H,12,14). The average molecular weight is 246 g/mol.